The van der Waals surface area contributed by atoms with Crippen LogP contribution in [0.2, 0.25) is 0 Å². The van der Waals surface area contributed by atoms with Crippen LogP contribution < -0.4 is 0 Å². The largest absolute Gasteiger partial charge is 0.481 e. The fourth-order valence-corrected chi connectivity index (χ4v) is 2.86. The molecular weight excluding hydrogens is 294 g/mol. The van der Waals surface area contributed by atoms with Crippen LogP contribution in [0.5, 0.6) is 0 Å². The third-order valence-electron chi connectivity index (χ3n) is 3.69. The van der Waals surface area contributed by atoms with E-state index in [-0.39, 0.29) is 5.92 Å². The zero-order valence-electron chi connectivity index (χ0n) is 10.5. The summed E-state index contributed by atoms with van der Waals surface area (Å²) < 4.78 is 1.09. The number of carboxylic acid groups (broad SMARTS) is 1. The molecule has 18 heavy (non-hydrogen) atoms. The first-order chi connectivity index (χ1) is 8.58. The summed E-state index contributed by atoms with van der Waals surface area (Å²) >= 11 is 3.54. The van der Waals surface area contributed by atoms with Gasteiger partial charge in [-0.15, -0.1) is 0 Å². The molecule has 1 aliphatic rings. The summed E-state index contributed by atoms with van der Waals surface area (Å²) in [6, 6.07) is 8.57. The fraction of sp³-hybridized carbons (Fsp3) is 0.500. The van der Waals surface area contributed by atoms with E-state index in [2.05, 4.69) is 33.8 Å². The molecule has 0 aliphatic carbocycles. The Morgan fingerprint density at radius 2 is 2.17 bits per heavy atom. The average molecular weight is 312 g/mol. The molecule has 0 bridgehead atoms. The number of carboxylic acids is 1. The van der Waals surface area contributed by atoms with Crippen molar-refractivity contribution >= 4 is 21.9 Å². The second-order valence-electron chi connectivity index (χ2n) is 4.98. The van der Waals surface area contributed by atoms with Crippen molar-refractivity contribution in [2.75, 3.05) is 6.54 Å². The van der Waals surface area contributed by atoms with Gasteiger partial charge in [0, 0.05) is 23.6 Å². The first kappa shape index (κ1) is 13.6. The molecule has 1 aliphatic heterocycles. The zero-order chi connectivity index (χ0) is 13.1. The van der Waals surface area contributed by atoms with E-state index in [1.54, 1.807) is 0 Å². The van der Waals surface area contributed by atoms with Crippen LogP contribution in [0.15, 0.2) is 28.7 Å². The topological polar surface area (TPSA) is 40.5 Å². The van der Waals surface area contributed by atoms with Crippen molar-refractivity contribution in [1.29, 1.82) is 0 Å². The van der Waals surface area contributed by atoms with Crippen LogP contribution in [0.25, 0.3) is 0 Å². The van der Waals surface area contributed by atoms with Gasteiger partial charge in [-0.2, -0.15) is 0 Å². The van der Waals surface area contributed by atoms with E-state index in [1.165, 1.54) is 5.56 Å². The highest BCUT2D eigenvalue weighted by atomic mass is 79.9. The summed E-state index contributed by atoms with van der Waals surface area (Å²) in [4.78, 5) is 13.4. The number of nitrogens with zero attached hydrogens (tertiary/aromatic N) is 1. The van der Waals surface area contributed by atoms with Crippen LogP contribution >= 0.6 is 15.9 Å². The Morgan fingerprint density at radius 3 is 2.83 bits per heavy atom. The van der Waals surface area contributed by atoms with Crippen molar-refractivity contribution in [3.8, 4) is 0 Å². The molecule has 1 heterocycles. The summed E-state index contributed by atoms with van der Waals surface area (Å²) in [6.07, 6.45) is 1.75. The first-order valence-corrected chi connectivity index (χ1v) is 7.07. The van der Waals surface area contributed by atoms with E-state index in [4.69, 9.17) is 5.11 Å². The lowest BCUT2D eigenvalue weighted by Crippen LogP contribution is -2.43. The van der Waals surface area contributed by atoms with Gasteiger partial charge in [0.15, 0.2) is 0 Å². The van der Waals surface area contributed by atoms with Crippen molar-refractivity contribution in [1.82, 2.24) is 4.90 Å². The average Bonchev–Trinajstić information content (AvgIpc) is 2.34. The number of halogens is 1. The smallest absolute Gasteiger partial charge is 0.307 e. The Kier molecular flexibility index (Phi) is 4.40. The summed E-state index contributed by atoms with van der Waals surface area (Å²) in [6.45, 7) is 3.64. The molecule has 0 spiro atoms. The number of rotatable bonds is 3. The molecule has 0 radical (unpaired) electrons. The van der Waals surface area contributed by atoms with E-state index in [0.29, 0.717) is 12.6 Å². The molecule has 98 valence electrons. The van der Waals surface area contributed by atoms with Gasteiger partial charge in [0.1, 0.15) is 0 Å². The summed E-state index contributed by atoms with van der Waals surface area (Å²) in [5.41, 5.74) is 1.22. The van der Waals surface area contributed by atoms with Crippen LogP contribution in [0.4, 0.5) is 0 Å². The van der Waals surface area contributed by atoms with Gasteiger partial charge in [0.25, 0.3) is 0 Å². The van der Waals surface area contributed by atoms with Crippen molar-refractivity contribution in [3.05, 3.63) is 34.3 Å². The summed E-state index contributed by atoms with van der Waals surface area (Å²) in [7, 11) is 0. The Bertz CT molecular complexity index is 436. The van der Waals surface area contributed by atoms with E-state index in [9.17, 15) is 4.79 Å². The predicted molar refractivity (Wildman–Crippen MR) is 74.4 cm³/mol. The Balaban J connectivity index is 2.07. The van der Waals surface area contributed by atoms with Gasteiger partial charge in [0.05, 0.1) is 5.92 Å². The first-order valence-electron chi connectivity index (χ1n) is 6.28. The minimum Gasteiger partial charge on any atom is -0.481 e. The Hall–Kier alpha value is -0.870. The van der Waals surface area contributed by atoms with Gasteiger partial charge in [0.2, 0.25) is 0 Å². The van der Waals surface area contributed by atoms with Gasteiger partial charge >= 0.3 is 5.97 Å². The SMILES string of the molecule is CC1CCC(C(=O)O)CN1Cc1ccccc1Br. The molecule has 1 aromatic rings. The molecule has 2 unspecified atom stereocenters. The van der Waals surface area contributed by atoms with Crippen LogP contribution in [0.3, 0.4) is 0 Å². The molecule has 0 amide bonds. The van der Waals surface area contributed by atoms with Crippen LogP contribution in [-0.2, 0) is 11.3 Å². The fourth-order valence-electron chi connectivity index (χ4n) is 2.45. The summed E-state index contributed by atoms with van der Waals surface area (Å²) in [5, 5.41) is 9.13. The maximum Gasteiger partial charge on any atom is 0.307 e. The van der Waals surface area contributed by atoms with Crippen molar-refractivity contribution in [3.63, 3.8) is 0 Å². The van der Waals surface area contributed by atoms with Gasteiger partial charge in [-0.05, 0) is 31.4 Å². The number of benzene rings is 1. The number of carbonyl (C=O) groups is 1. The highest BCUT2D eigenvalue weighted by Gasteiger charge is 2.29. The Labute approximate surface area is 116 Å². The Morgan fingerprint density at radius 1 is 1.44 bits per heavy atom. The van der Waals surface area contributed by atoms with Gasteiger partial charge in [-0.1, -0.05) is 34.1 Å². The van der Waals surface area contributed by atoms with E-state index >= 15 is 0 Å². The molecule has 2 atom stereocenters. The van der Waals surface area contributed by atoms with E-state index < -0.39 is 5.97 Å². The molecule has 1 N–H and O–H groups in total. The van der Waals surface area contributed by atoms with E-state index in [0.717, 1.165) is 23.9 Å². The van der Waals surface area contributed by atoms with Crippen molar-refractivity contribution < 1.29 is 9.90 Å². The number of hydrogen-bond donors (Lipinski definition) is 1. The standard InChI is InChI=1S/C14H18BrNO2/c1-10-6-7-12(14(17)18)9-16(10)8-11-4-2-3-5-13(11)15/h2-5,10,12H,6-9H2,1H3,(H,17,18). The molecule has 1 fully saturated rings. The zero-order valence-corrected chi connectivity index (χ0v) is 12.1. The lowest BCUT2D eigenvalue weighted by Gasteiger charge is -2.36. The number of likely N-dealkylation sites (tertiary alicyclic amines) is 1. The van der Waals surface area contributed by atoms with Crippen molar-refractivity contribution in [2.45, 2.75) is 32.4 Å². The second-order valence-corrected chi connectivity index (χ2v) is 5.84. The minimum atomic E-state index is -0.668. The molecule has 2 rings (SSSR count). The molecule has 0 saturated carbocycles. The molecule has 1 aromatic carbocycles. The van der Waals surface area contributed by atoms with Crippen LogP contribution in [0, 0.1) is 5.92 Å². The normalized spacial score (nSPS) is 25.0. The van der Waals surface area contributed by atoms with Gasteiger partial charge in [-0.25, -0.2) is 0 Å². The molecular formula is C14H18BrNO2. The monoisotopic (exact) mass is 311 g/mol. The third kappa shape index (κ3) is 3.12. The minimum absolute atomic E-state index is 0.219. The third-order valence-corrected chi connectivity index (χ3v) is 4.47. The van der Waals surface area contributed by atoms with Gasteiger partial charge in [-0.3, -0.25) is 9.69 Å². The number of aliphatic carboxylic acids is 1. The van der Waals surface area contributed by atoms with Crippen LogP contribution in [-0.4, -0.2) is 28.6 Å². The predicted octanol–water partition coefficient (Wildman–Crippen LogP) is 3.13. The maximum absolute atomic E-state index is 11.1. The lowest BCUT2D eigenvalue weighted by atomic mass is 9.93. The van der Waals surface area contributed by atoms with Crippen LogP contribution in [0.1, 0.15) is 25.3 Å². The number of piperidine rings is 1. The van der Waals surface area contributed by atoms with E-state index in [1.807, 2.05) is 18.2 Å². The maximum atomic E-state index is 11.1. The van der Waals surface area contributed by atoms with Crippen molar-refractivity contribution in [2.24, 2.45) is 5.92 Å². The second kappa shape index (κ2) is 5.85. The molecule has 3 nitrogen and oxygen atoms in total. The number of hydrogen-bond acceptors (Lipinski definition) is 2. The quantitative estimate of drug-likeness (QED) is 0.932. The molecule has 1 saturated heterocycles. The lowest BCUT2D eigenvalue weighted by molar-refractivity contribution is -0.144. The highest BCUT2D eigenvalue weighted by molar-refractivity contribution is 9.10. The van der Waals surface area contributed by atoms with Gasteiger partial charge < -0.3 is 5.11 Å². The molecule has 4 heteroatoms. The molecule has 0 aromatic heterocycles. The highest BCUT2D eigenvalue weighted by Crippen LogP contribution is 2.26. The summed E-state index contributed by atoms with van der Waals surface area (Å²) in [5.74, 6) is -0.886.